The molecule has 0 rings (SSSR count). The highest BCUT2D eigenvalue weighted by molar-refractivity contribution is 5.76. The van der Waals surface area contributed by atoms with E-state index in [1.54, 1.807) is 0 Å². The molecule has 3 atom stereocenters. The Morgan fingerprint density at radius 3 is 1.79 bits per heavy atom. The van der Waals surface area contributed by atoms with Gasteiger partial charge in [0, 0.05) is 6.42 Å². The Hall–Kier alpha value is -0.910. The highest BCUT2D eigenvalue weighted by atomic mass is 16.3. The lowest BCUT2D eigenvalue weighted by atomic mass is 9.99. The Morgan fingerprint density at radius 1 is 0.706 bits per heavy atom. The van der Waals surface area contributed by atoms with Gasteiger partial charge in [-0.25, -0.2) is 0 Å². The number of hydrogen-bond donors (Lipinski definition) is 4. The first-order valence-corrected chi connectivity index (χ1v) is 14.5. The number of aliphatic hydroxyl groups excluding tert-OH is 3. The number of unbranched alkanes of at least 4 members (excludes halogenated alkanes) is 15. The lowest BCUT2D eigenvalue weighted by molar-refractivity contribution is -0.124. The molecule has 3 unspecified atom stereocenters. The van der Waals surface area contributed by atoms with Gasteiger partial charge in [-0.1, -0.05) is 116 Å². The minimum absolute atomic E-state index is 0.160. The maximum Gasteiger partial charge on any atom is 0.220 e. The molecule has 5 nitrogen and oxygen atoms in total. The molecule has 0 fully saturated rings. The fraction of sp³-hybridized carbons (Fsp3) is 0.897. The molecule has 0 heterocycles. The number of allylic oxidation sites excluding steroid dienone is 2. The van der Waals surface area contributed by atoms with Crippen LogP contribution in [0.15, 0.2) is 12.2 Å². The van der Waals surface area contributed by atoms with Crippen molar-refractivity contribution in [2.24, 2.45) is 0 Å². The highest BCUT2D eigenvalue weighted by Gasteiger charge is 2.26. The molecule has 0 saturated heterocycles. The Labute approximate surface area is 210 Å². The first-order valence-electron chi connectivity index (χ1n) is 14.5. The smallest absolute Gasteiger partial charge is 0.220 e. The fourth-order valence-corrected chi connectivity index (χ4v) is 4.26. The molecule has 202 valence electrons. The van der Waals surface area contributed by atoms with Gasteiger partial charge in [-0.05, 0) is 32.1 Å². The Bertz CT molecular complexity index is 469. The van der Waals surface area contributed by atoms with Gasteiger partial charge in [0.2, 0.25) is 5.91 Å². The summed E-state index contributed by atoms with van der Waals surface area (Å²) in [6.45, 7) is 4.07. The van der Waals surface area contributed by atoms with E-state index < -0.39 is 18.2 Å². The van der Waals surface area contributed by atoms with Crippen LogP contribution in [-0.2, 0) is 4.79 Å². The van der Waals surface area contributed by atoms with Gasteiger partial charge in [-0.3, -0.25) is 4.79 Å². The van der Waals surface area contributed by atoms with E-state index in [1.807, 2.05) is 0 Å². The third-order valence-corrected chi connectivity index (χ3v) is 6.62. The zero-order valence-corrected chi connectivity index (χ0v) is 22.5. The van der Waals surface area contributed by atoms with Crippen molar-refractivity contribution >= 4 is 5.91 Å². The van der Waals surface area contributed by atoms with Gasteiger partial charge in [-0.15, -0.1) is 0 Å². The summed E-state index contributed by atoms with van der Waals surface area (Å²) in [5.41, 5.74) is 0. The molecule has 0 aliphatic heterocycles. The van der Waals surface area contributed by atoms with E-state index in [4.69, 9.17) is 0 Å². The standard InChI is InChI=1S/C29H57NO4/c1-3-5-7-9-11-13-14-16-18-20-22-24-28(33)30-26(25-31)29(34)27(32)23-21-19-17-15-12-10-8-6-4-2/h9,11,26-27,29,31-32,34H,3-8,10,12-25H2,1-2H3,(H,30,33)/b11-9-. The maximum atomic E-state index is 12.2. The molecule has 0 bridgehead atoms. The van der Waals surface area contributed by atoms with Crippen molar-refractivity contribution in [2.75, 3.05) is 6.61 Å². The number of hydrogen-bond acceptors (Lipinski definition) is 4. The minimum Gasteiger partial charge on any atom is -0.394 e. The molecule has 34 heavy (non-hydrogen) atoms. The Kier molecular flexibility index (Phi) is 24.5. The van der Waals surface area contributed by atoms with Crippen LogP contribution >= 0.6 is 0 Å². The van der Waals surface area contributed by atoms with Crippen LogP contribution in [0.2, 0.25) is 0 Å². The van der Waals surface area contributed by atoms with Crippen molar-refractivity contribution in [3.63, 3.8) is 0 Å². The lowest BCUT2D eigenvalue weighted by Gasteiger charge is -2.26. The van der Waals surface area contributed by atoms with Crippen LogP contribution in [0, 0.1) is 0 Å². The van der Waals surface area contributed by atoms with Gasteiger partial charge in [0.05, 0.1) is 18.8 Å². The summed E-state index contributed by atoms with van der Waals surface area (Å²) in [7, 11) is 0. The van der Waals surface area contributed by atoms with Gasteiger partial charge >= 0.3 is 0 Å². The van der Waals surface area contributed by atoms with E-state index >= 15 is 0 Å². The van der Waals surface area contributed by atoms with Crippen LogP contribution < -0.4 is 5.32 Å². The number of rotatable bonds is 25. The molecule has 0 radical (unpaired) electrons. The minimum atomic E-state index is -1.13. The highest BCUT2D eigenvalue weighted by Crippen LogP contribution is 2.14. The van der Waals surface area contributed by atoms with E-state index in [1.165, 1.54) is 70.6 Å². The first-order chi connectivity index (χ1) is 16.6. The second kappa shape index (κ2) is 25.2. The number of nitrogens with one attached hydrogen (secondary N) is 1. The van der Waals surface area contributed by atoms with Crippen molar-refractivity contribution < 1.29 is 20.1 Å². The van der Waals surface area contributed by atoms with Gasteiger partial charge in [0.15, 0.2) is 0 Å². The van der Waals surface area contributed by atoms with Gasteiger partial charge in [0.25, 0.3) is 0 Å². The van der Waals surface area contributed by atoms with E-state index in [0.29, 0.717) is 12.8 Å². The van der Waals surface area contributed by atoms with Gasteiger partial charge < -0.3 is 20.6 Å². The summed E-state index contributed by atoms with van der Waals surface area (Å²) in [4.78, 5) is 12.2. The maximum absolute atomic E-state index is 12.2. The monoisotopic (exact) mass is 483 g/mol. The predicted molar refractivity (Wildman–Crippen MR) is 144 cm³/mol. The van der Waals surface area contributed by atoms with Crippen molar-refractivity contribution in [1.29, 1.82) is 0 Å². The fourth-order valence-electron chi connectivity index (χ4n) is 4.26. The normalized spacial score (nSPS) is 14.4. The molecule has 1 amide bonds. The van der Waals surface area contributed by atoms with E-state index in [2.05, 4.69) is 31.3 Å². The summed E-state index contributed by atoms with van der Waals surface area (Å²) in [6, 6.07) is -0.805. The van der Waals surface area contributed by atoms with Crippen molar-refractivity contribution in [3.05, 3.63) is 12.2 Å². The molecule has 5 heteroatoms. The molecule has 0 aromatic rings. The lowest BCUT2D eigenvalue weighted by Crippen LogP contribution is -2.50. The molecule has 0 aromatic heterocycles. The zero-order chi connectivity index (χ0) is 25.3. The summed E-state index contributed by atoms with van der Waals surface area (Å²) < 4.78 is 0. The van der Waals surface area contributed by atoms with Gasteiger partial charge in [-0.2, -0.15) is 0 Å². The summed E-state index contributed by atoms with van der Waals surface area (Å²) in [5.74, 6) is -0.160. The molecule has 0 aliphatic carbocycles. The van der Waals surface area contributed by atoms with Crippen molar-refractivity contribution in [2.45, 2.75) is 161 Å². The van der Waals surface area contributed by atoms with E-state index in [0.717, 1.165) is 44.9 Å². The number of aliphatic hydroxyl groups is 3. The largest absolute Gasteiger partial charge is 0.394 e. The van der Waals surface area contributed by atoms with Crippen LogP contribution in [0.3, 0.4) is 0 Å². The summed E-state index contributed by atoms with van der Waals surface area (Å²) in [6.07, 6.45) is 24.4. The molecule has 0 aromatic carbocycles. The molecule has 0 saturated carbocycles. The van der Waals surface area contributed by atoms with Crippen LogP contribution in [0.5, 0.6) is 0 Å². The van der Waals surface area contributed by atoms with Crippen LogP contribution in [0.1, 0.15) is 142 Å². The second-order valence-corrected chi connectivity index (χ2v) is 9.95. The quantitative estimate of drug-likeness (QED) is 0.0871. The Morgan fingerprint density at radius 2 is 1.21 bits per heavy atom. The SMILES string of the molecule is CCCC/C=C\CCCCCCCC(=O)NC(CO)C(O)C(O)CCCCCCCCCCC. The van der Waals surface area contributed by atoms with Crippen LogP contribution in [0.4, 0.5) is 0 Å². The van der Waals surface area contributed by atoms with Gasteiger partial charge in [0.1, 0.15) is 6.10 Å². The van der Waals surface area contributed by atoms with Crippen molar-refractivity contribution in [3.8, 4) is 0 Å². The number of carbonyl (C=O) groups excluding carboxylic acids is 1. The first kappa shape index (κ1) is 33.1. The molecule has 0 spiro atoms. The third-order valence-electron chi connectivity index (χ3n) is 6.62. The topological polar surface area (TPSA) is 89.8 Å². The number of carbonyl (C=O) groups is 1. The van der Waals surface area contributed by atoms with Crippen LogP contribution in [-0.4, -0.2) is 46.1 Å². The summed E-state index contributed by atoms with van der Waals surface area (Å²) in [5, 5.41) is 33.0. The molecule has 0 aliphatic rings. The van der Waals surface area contributed by atoms with Crippen molar-refractivity contribution in [1.82, 2.24) is 5.32 Å². The third kappa shape index (κ3) is 20.5. The van der Waals surface area contributed by atoms with Crippen LogP contribution in [0.25, 0.3) is 0 Å². The predicted octanol–water partition coefficient (Wildman–Crippen LogP) is 6.58. The number of amides is 1. The average Bonchev–Trinajstić information content (AvgIpc) is 2.84. The zero-order valence-electron chi connectivity index (χ0n) is 22.5. The molecular formula is C29H57NO4. The second-order valence-electron chi connectivity index (χ2n) is 9.95. The Balaban J connectivity index is 3.81. The molecular weight excluding hydrogens is 426 g/mol. The van der Waals surface area contributed by atoms with E-state index in [9.17, 15) is 20.1 Å². The average molecular weight is 484 g/mol. The molecule has 4 N–H and O–H groups in total. The van der Waals surface area contributed by atoms with E-state index in [-0.39, 0.29) is 12.5 Å². The summed E-state index contributed by atoms with van der Waals surface area (Å²) >= 11 is 0.